The van der Waals surface area contributed by atoms with Gasteiger partial charge in [-0.25, -0.2) is 0 Å². The van der Waals surface area contributed by atoms with E-state index >= 15 is 0 Å². The number of benzene rings is 1. The molecule has 0 N–H and O–H groups in total. The maximum Gasteiger partial charge on any atom is 0.384 e. The van der Waals surface area contributed by atoms with Gasteiger partial charge in [-0.1, -0.05) is 37.6 Å². The third kappa shape index (κ3) is 6.54. The van der Waals surface area contributed by atoms with Crippen molar-refractivity contribution in [1.29, 1.82) is 0 Å². The molecule has 2 nitrogen and oxygen atoms in total. The van der Waals surface area contributed by atoms with Crippen LogP contribution in [0.5, 0.6) is 0 Å². The third-order valence-corrected chi connectivity index (χ3v) is 4.39. The van der Waals surface area contributed by atoms with Crippen molar-refractivity contribution in [3.8, 4) is 0 Å². The number of rotatable bonds is 9. The summed E-state index contributed by atoms with van der Waals surface area (Å²) in [5.74, 6) is 0. The Labute approximate surface area is 117 Å². The summed E-state index contributed by atoms with van der Waals surface area (Å²) in [6.45, 7) is 5.84. The predicted molar refractivity (Wildman–Crippen MR) is 78.2 cm³/mol. The van der Waals surface area contributed by atoms with Crippen LogP contribution in [-0.2, 0) is 15.3 Å². The molecule has 1 radical (unpaired) electrons. The molecule has 18 heavy (non-hydrogen) atoms. The van der Waals surface area contributed by atoms with Crippen LogP contribution in [0.15, 0.2) is 24.3 Å². The van der Waals surface area contributed by atoms with E-state index < -0.39 is 9.28 Å². The van der Waals surface area contributed by atoms with Gasteiger partial charge in [-0.2, -0.15) is 0 Å². The van der Waals surface area contributed by atoms with Crippen molar-refractivity contribution in [1.82, 2.24) is 0 Å². The van der Waals surface area contributed by atoms with Crippen LogP contribution in [0.2, 0.25) is 11.1 Å². The van der Waals surface area contributed by atoms with Crippen molar-refractivity contribution in [3.63, 3.8) is 0 Å². The lowest BCUT2D eigenvalue weighted by molar-refractivity contribution is 0.196. The SMILES string of the molecule is CCCO[Si](CCc1cccc(Cl)c1)OCCC. The van der Waals surface area contributed by atoms with E-state index in [2.05, 4.69) is 19.9 Å². The lowest BCUT2D eigenvalue weighted by Gasteiger charge is -2.14. The Morgan fingerprint density at radius 2 is 1.78 bits per heavy atom. The standard InChI is InChI=1S/C14H22ClO2Si/c1-3-9-16-18(17-10-4-2)11-8-13-6-5-7-14(15)12-13/h5-7,12H,3-4,8-11H2,1-2H3. The normalized spacial score (nSPS) is 11.1. The molecule has 0 heterocycles. The molecule has 0 aliphatic heterocycles. The monoisotopic (exact) mass is 285 g/mol. The zero-order valence-corrected chi connectivity index (χ0v) is 13.0. The first kappa shape index (κ1) is 15.7. The van der Waals surface area contributed by atoms with Gasteiger partial charge in [0.1, 0.15) is 0 Å². The molecule has 0 aliphatic rings. The fraction of sp³-hybridized carbons (Fsp3) is 0.571. The summed E-state index contributed by atoms with van der Waals surface area (Å²) in [4.78, 5) is 0. The third-order valence-electron chi connectivity index (χ3n) is 2.44. The Morgan fingerprint density at radius 1 is 1.11 bits per heavy atom. The molecule has 0 saturated carbocycles. The van der Waals surface area contributed by atoms with Crippen molar-refractivity contribution in [2.75, 3.05) is 13.2 Å². The topological polar surface area (TPSA) is 18.5 Å². The average Bonchev–Trinajstić information content (AvgIpc) is 2.38. The molecule has 0 bridgehead atoms. The highest BCUT2D eigenvalue weighted by atomic mass is 35.5. The molecule has 0 saturated heterocycles. The van der Waals surface area contributed by atoms with Gasteiger partial charge in [0.25, 0.3) is 0 Å². The fourth-order valence-corrected chi connectivity index (χ4v) is 3.50. The molecule has 1 rings (SSSR count). The molecule has 0 atom stereocenters. The van der Waals surface area contributed by atoms with E-state index in [1.54, 1.807) is 0 Å². The molecule has 1 aromatic rings. The summed E-state index contributed by atoms with van der Waals surface area (Å²) >= 11 is 5.97. The molecular formula is C14H22ClO2Si. The second-order valence-corrected chi connectivity index (χ2v) is 6.46. The predicted octanol–water partition coefficient (Wildman–Crippen LogP) is 4.22. The Bertz CT molecular complexity index is 325. The highest BCUT2D eigenvalue weighted by Crippen LogP contribution is 2.14. The van der Waals surface area contributed by atoms with Gasteiger partial charge in [-0.3, -0.25) is 0 Å². The number of aryl methyl sites for hydroxylation is 1. The van der Waals surface area contributed by atoms with Crippen LogP contribution >= 0.6 is 11.6 Å². The van der Waals surface area contributed by atoms with Crippen molar-refractivity contribution >= 4 is 20.9 Å². The quantitative estimate of drug-likeness (QED) is 0.632. The highest BCUT2D eigenvalue weighted by Gasteiger charge is 2.15. The van der Waals surface area contributed by atoms with E-state index in [9.17, 15) is 0 Å². The lowest BCUT2D eigenvalue weighted by atomic mass is 10.2. The van der Waals surface area contributed by atoms with Crippen LogP contribution in [-0.4, -0.2) is 22.5 Å². The van der Waals surface area contributed by atoms with Crippen LogP contribution in [0.1, 0.15) is 32.3 Å². The smallest absolute Gasteiger partial charge is 0.384 e. The summed E-state index contributed by atoms with van der Waals surface area (Å²) in [5, 5.41) is 0.797. The molecular weight excluding hydrogens is 264 g/mol. The fourth-order valence-electron chi connectivity index (χ4n) is 1.56. The van der Waals surface area contributed by atoms with Crippen molar-refractivity contribution in [2.45, 2.75) is 39.2 Å². The van der Waals surface area contributed by atoms with Gasteiger partial charge in [0.05, 0.1) is 0 Å². The van der Waals surface area contributed by atoms with Crippen molar-refractivity contribution in [3.05, 3.63) is 34.9 Å². The number of halogens is 1. The summed E-state index contributed by atoms with van der Waals surface area (Å²) in [7, 11) is -1.12. The molecule has 0 aliphatic carbocycles. The molecule has 4 heteroatoms. The largest absolute Gasteiger partial charge is 0.393 e. The Kier molecular flexibility index (Phi) is 8.34. The molecule has 101 valence electrons. The van der Waals surface area contributed by atoms with Gasteiger partial charge in [0, 0.05) is 18.2 Å². The minimum Gasteiger partial charge on any atom is -0.393 e. The summed E-state index contributed by atoms with van der Waals surface area (Å²) in [6, 6.07) is 8.98. The van der Waals surface area contributed by atoms with Gasteiger partial charge in [-0.15, -0.1) is 0 Å². The molecule has 0 fully saturated rings. The van der Waals surface area contributed by atoms with Crippen LogP contribution in [0.3, 0.4) is 0 Å². The maximum absolute atomic E-state index is 5.97. The Balaban J connectivity index is 2.39. The van der Waals surface area contributed by atoms with Crippen LogP contribution < -0.4 is 0 Å². The highest BCUT2D eigenvalue weighted by molar-refractivity contribution is 6.44. The van der Waals surface area contributed by atoms with Crippen molar-refractivity contribution in [2.24, 2.45) is 0 Å². The van der Waals surface area contributed by atoms with E-state index in [-0.39, 0.29) is 0 Å². The second-order valence-electron chi connectivity index (χ2n) is 4.20. The summed E-state index contributed by atoms with van der Waals surface area (Å²) in [5.41, 5.74) is 1.25. The maximum atomic E-state index is 5.97. The van der Waals surface area contributed by atoms with Crippen molar-refractivity contribution < 1.29 is 8.85 Å². The number of hydrogen-bond acceptors (Lipinski definition) is 2. The van der Waals surface area contributed by atoms with Gasteiger partial charge >= 0.3 is 9.28 Å². The lowest BCUT2D eigenvalue weighted by Crippen LogP contribution is -2.24. The molecule has 0 unspecified atom stereocenters. The zero-order valence-electron chi connectivity index (χ0n) is 11.2. The van der Waals surface area contributed by atoms with E-state index in [0.717, 1.165) is 43.5 Å². The van der Waals surface area contributed by atoms with E-state index in [0.29, 0.717) is 0 Å². The first-order chi connectivity index (χ1) is 8.76. The minimum atomic E-state index is -1.12. The Morgan fingerprint density at radius 3 is 2.33 bits per heavy atom. The van der Waals surface area contributed by atoms with Gasteiger partial charge in [-0.05, 0) is 43.0 Å². The minimum absolute atomic E-state index is 0.797. The van der Waals surface area contributed by atoms with Crippen LogP contribution in [0, 0.1) is 0 Å². The molecule has 0 spiro atoms. The summed E-state index contributed by atoms with van der Waals surface area (Å²) in [6.07, 6.45) is 3.06. The molecule has 0 aromatic heterocycles. The first-order valence-electron chi connectivity index (χ1n) is 6.62. The van der Waals surface area contributed by atoms with E-state index in [1.165, 1.54) is 5.56 Å². The molecule has 0 amide bonds. The van der Waals surface area contributed by atoms with E-state index in [4.69, 9.17) is 20.5 Å². The second kappa shape index (κ2) is 9.56. The average molecular weight is 286 g/mol. The van der Waals surface area contributed by atoms with Gasteiger partial charge < -0.3 is 8.85 Å². The molecule has 1 aromatic carbocycles. The Hall–Kier alpha value is -0.353. The van der Waals surface area contributed by atoms with Gasteiger partial charge in [0.2, 0.25) is 0 Å². The summed E-state index contributed by atoms with van der Waals surface area (Å²) < 4.78 is 11.6. The first-order valence-corrected chi connectivity index (χ1v) is 8.52. The van der Waals surface area contributed by atoms with Gasteiger partial charge in [0.15, 0.2) is 0 Å². The van der Waals surface area contributed by atoms with Crippen LogP contribution in [0.25, 0.3) is 0 Å². The van der Waals surface area contributed by atoms with E-state index in [1.807, 2.05) is 18.2 Å². The van der Waals surface area contributed by atoms with Crippen LogP contribution in [0.4, 0.5) is 0 Å². The zero-order chi connectivity index (χ0) is 13.2. The number of hydrogen-bond donors (Lipinski definition) is 0.